The summed E-state index contributed by atoms with van der Waals surface area (Å²) in [4.78, 5) is 11.9. The van der Waals surface area contributed by atoms with Gasteiger partial charge < -0.3 is 9.30 Å². The number of aromatic nitrogens is 1. The van der Waals surface area contributed by atoms with Crippen molar-refractivity contribution in [3.8, 4) is 0 Å². The van der Waals surface area contributed by atoms with Crippen molar-refractivity contribution in [3.63, 3.8) is 0 Å². The summed E-state index contributed by atoms with van der Waals surface area (Å²) >= 11 is 0. The van der Waals surface area contributed by atoms with E-state index < -0.39 is 0 Å². The van der Waals surface area contributed by atoms with Crippen LogP contribution in [0.3, 0.4) is 0 Å². The summed E-state index contributed by atoms with van der Waals surface area (Å²) in [5.41, 5.74) is 3.78. The van der Waals surface area contributed by atoms with Gasteiger partial charge in [-0.3, -0.25) is 4.79 Å². The molecule has 0 radical (unpaired) electrons. The van der Waals surface area contributed by atoms with Crippen LogP contribution in [0, 0.1) is 5.92 Å². The molecule has 0 aliphatic heterocycles. The normalized spacial score (nSPS) is 21.5. The Labute approximate surface area is 118 Å². The van der Waals surface area contributed by atoms with Crippen LogP contribution in [0.2, 0.25) is 0 Å². The van der Waals surface area contributed by atoms with Crippen LogP contribution in [0.5, 0.6) is 0 Å². The number of carbonyl (C=O) groups is 1. The largest absolute Gasteiger partial charge is 0.469 e. The second kappa shape index (κ2) is 4.82. The average Bonchev–Trinajstić information content (AvgIpc) is 2.79. The van der Waals surface area contributed by atoms with Crippen molar-refractivity contribution in [2.75, 3.05) is 7.11 Å². The highest BCUT2D eigenvalue weighted by Gasteiger charge is 2.33. The fraction of sp³-hybridized carbons (Fsp3) is 0.353. The van der Waals surface area contributed by atoms with Crippen LogP contribution < -0.4 is 0 Å². The van der Waals surface area contributed by atoms with E-state index in [9.17, 15) is 4.79 Å². The van der Waals surface area contributed by atoms with E-state index in [1.807, 2.05) is 6.08 Å². The van der Waals surface area contributed by atoms with Crippen molar-refractivity contribution < 1.29 is 9.53 Å². The average molecular weight is 269 g/mol. The van der Waals surface area contributed by atoms with Crippen molar-refractivity contribution in [1.29, 1.82) is 0 Å². The van der Waals surface area contributed by atoms with E-state index in [4.69, 9.17) is 4.74 Å². The first-order chi connectivity index (χ1) is 9.67. The van der Waals surface area contributed by atoms with Crippen LogP contribution in [0.1, 0.15) is 23.6 Å². The van der Waals surface area contributed by atoms with Gasteiger partial charge in [-0.05, 0) is 18.1 Å². The van der Waals surface area contributed by atoms with E-state index in [1.54, 1.807) is 0 Å². The molecule has 20 heavy (non-hydrogen) atoms. The molecule has 1 aromatic heterocycles. The zero-order valence-electron chi connectivity index (χ0n) is 11.9. The number of para-hydroxylation sites is 1. The monoisotopic (exact) mass is 269 g/mol. The number of allylic oxidation sites excluding steroid dienone is 1. The lowest BCUT2D eigenvalue weighted by Crippen LogP contribution is -2.26. The minimum Gasteiger partial charge on any atom is -0.469 e. The van der Waals surface area contributed by atoms with E-state index in [0.29, 0.717) is 0 Å². The highest BCUT2D eigenvalue weighted by Crippen LogP contribution is 2.41. The number of carbonyl (C=O) groups excluding carboxylic acids is 1. The summed E-state index contributed by atoms with van der Waals surface area (Å²) < 4.78 is 7.13. The molecule has 0 N–H and O–H groups in total. The molecule has 3 heteroatoms. The number of ether oxygens (including phenoxy) is 1. The van der Waals surface area contributed by atoms with Crippen LogP contribution >= 0.6 is 0 Å². The third-order valence-corrected chi connectivity index (χ3v) is 4.44. The Kier molecular flexibility index (Phi) is 3.13. The molecule has 1 aliphatic rings. The maximum Gasteiger partial charge on any atom is 0.309 e. The molecule has 0 saturated carbocycles. The Morgan fingerprint density at radius 2 is 2.20 bits per heavy atom. The quantitative estimate of drug-likeness (QED) is 0.619. The summed E-state index contributed by atoms with van der Waals surface area (Å²) in [6.45, 7) is 3.96. The lowest BCUT2D eigenvalue weighted by atomic mass is 9.79. The zero-order chi connectivity index (χ0) is 14.3. The molecule has 0 amide bonds. The number of hydrogen-bond donors (Lipinski definition) is 0. The molecule has 0 fully saturated rings. The summed E-state index contributed by atoms with van der Waals surface area (Å²) in [5, 5.41) is 1.28. The molecule has 2 atom stereocenters. The topological polar surface area (TPSA) is 31.2 Å². The van der Waals surface area contributed by atoms with Gasteiger partial charge in [0.05, 0.1) is 13.0 Å². The van der Waals surface area contributed by atoms with Gasteiger partial charge in [-0.1, -0.05) is 24.3 Å². The number of fused-ring (bicyclic) bond motifs is 3. The van der Waals surface area contributed by atoms with Gasteiger partial charge in [0.1, 0.15) is 0 Å². The maximum absolute atomic E-state index is 11.9. The number of nitrogens with zero attached hydrogens (tertiary/aromatic N) is 1. The number of aryl methyl sites for hydroxylation is 1. The molecule has 2 aromatic rings. The van der Waals surface area contributed by atoms with Crippen LogP contribution in [-0.2, 0) is 23.0 Å². The lowest BCUT2D eigenvalue weighted by Gasteiger charge is -2.27. The van der Waals surface area contributed by atoms with Gasteiger partial charge in [-0.25, -0.2) is 0 Å². The maximum atomic E-state index is 11.9. The lowest BCUT2D eigenvalue weighted by molar-refractivity contribution is -0.145. The van der Waals surface area contributed by atoms with E-state index in [1.165, 1.54) is 29.3 Å². The second-order valence-corrected chi connectivity index (χ2v) is 5.44. The first kappa shape index (κ1) is 13.0. The van der Waals surface area contributed by atoms with Crippen molar-refractivity contribution in [3.05, 3.63) is 48.2 Å². The van der Waals surface area contributed by atoms with Crippen LogP contribution in [0.25, 0.3) is 10.9 Å². The Morgan fingerprint density at radius 3 is 2.90 bits per heavy atom. The molecule has 3 rings (SSSR count). The van der Waals surface area contributed by atoms with Gasteiger partial charge >= 0.3 is 5.97 Å². The molecular weight excluding hydrogens is 250 g/mol. The summed E-state index contributed by atoms with van der Waals surface area (Å²) in [5.74, 6) is 0.0280. The van der Waals surface area contributed by atoms with Gasteiger partial charge in [0.15, 0.2) is 0 Å². The number of rotatable bonds is 2. The SMILES string of the molecule is C=C[C@@H]1C[C@H](C(=O)OC)Cc2c1c1ccccc1n2C. The smallest absolute Gasteiger partial charge is 0.309 e. The summed E-state index contributed by atoms with van der Waals surface area (Å²) in [6.07, 6.45) is 3.50. The molecule has 104 valence electrons. The first-order valence-corrected chi connectivity index (χ1v) is 6.94. The molecule has 1 heterocycles. The van der Waals surface area contributed by atoms with Crippen molar-refractivity contribution >= 4 is 16.9 Å². The highest BCUT2D eigenvalue weighted by atomic mass is 16.5. The van der Waals surface area contributed by atoms with Gasteiger partial charge in [0.2, 0.25) is 0 Å². The third kappa shape index (κ3) is 1.77. The second-order valence-electron chi connectivity index (χ2n) is 5.44. The molecule has 1 aromatic carbocycles. The number of benzene rings is 1. The number of esters is 1. The molecular formula is C17H19NO2. The fourth-order valence-corrected chi connectivity index (χ4v) is 3.44. The summed E-state index contributed by atoms with van der Waals surface area (Å²) in [7, 11) is 3.53. The predicted octanol–water partition coefficient (Wildman–Crippen LogP) is 3.18. The molecule has 1 aliphatic carbocycles. The fourth-order valence-electron chi connectivity index (χ4n) is 3.44. The van der Waals surface area contributed by atoms with Crippen LogP contribution in [0.15, 0.2) is 36.9 Å². The molecule has 0 unspecified atom stereocenters. The van der Waals surface area contributed by atoms with Crippen molar-refractivity contribution in [2.45, 2.75) is 18.8 Å². The van der Waals surface area contributed by atoms with Crippen LogP contribution in [0.4, 0.5) is 0 Å². The minimum absolute atomic E-state index is 0.0708. The Hall–Kier alpha value is -2.03. The standard InChI is InChI=1S/C17H19NO2/c1-4-11-9-12(17(19)20-3)10-15-16(11)13-7-5-6-8-14(13)18(15)2/h4-8,11-12H,1,9-10H2,2-3H3/t11-,12+/m1/s1. The Balaban J connectivity index is 2.19. The van der Waals surface area contributed by atoms with E-state index in [0.717, 1.165) is 12.8 Å². The number of methoxy groups -OCH3 is 1. The third-order valence-electron chi connectivity index (χ3n) is 4.44. The first-order valence-electron chi connectivity index (χ1n) is 6.94. The van der Waals surface area contributed by atoms with Crippen molar-refractivity contribution in [1.82, 2.24) is 4.57 Å². The molecule has 0 spiro atoms. The van der Waals surface area contributed by atoms with E-state index >= 15 is 0 Å². The van der Waals surface area contributed by atoms with Gasteiger partial charge in [-0.2, -0.15) is 0 Å². The molecule has 0 bridgehead atoms. The van der Waals surface area contributed by atoms with Crippen molar-refractivity contribution in [2.24, 2.45) is 13.0 Å². The van der Waals surface area contributed by atoms with Gasteiger partial charge in [-0.15, -0.1) is 6.58 Å². The number of hydrogen-bond acceptors (Lipinski definition) is 2. The highest BCUT2D eigenvalue weighted by molar-refractivity contribution is 5.87. The van der Waals surface area contributed by atoms with E-state index in [-0.39, 0.29) is 17.8 Å². The Morgan fingerprint density at radius 1 is 1.45 bits per heavy atom. The Bertz CT molecular complexity index is 684. The summed E-state index contributed by atoms with van der Waals surface area (Å²) in [6, 6.07) is 8.40. The van der Waals surface area contributed by atoms with E-state index in [2.05, 4.69) is 42.5 Å². The van der Waals surface area contributed by atoms with Crippen LogP contribution in [-0.4, -0.2) is 17.6 Å². The molecule has 0 saturated heterocycles. The van der Waals surface area contributed by atoms with Gasteiger partial charge in [0.25, 0.3) is 0 Å². The van der Waals surface area contributed by atoms with Gasteiger partial charge in [0, 0.05) is 36.0 Å². The zero-order valence-corrected chi connectivity index (χ0v) is 11.9. The predicted molar refractivity (Wildman–Crippen MR) is 79.7 cm³/mol. The molecule has 3 nitrogen and oxygen atoms in total. The minimum atomic E-state index is -0.118.